The minimum absolute atomic E-state index is 0.149. The maximum Gasteiger partial charge on any atom is 0.306 e. The maximum atomic E-state index is 12.6. The van der Waals surface area contributed by atoms with Gasteiger partial charge in [-0.05, 0) is 38.5 Å². The van der Waals surface area contributed by atoms with E-state index in [4.69, 9.17) is 18.9 Å². The Hall–Kier alpha value is -1.97. The van der Waals surface area contributed by atoms with Crippen molar-refractivity contribution in [3.63, 3.8) is 0 Å². The lowest BCUT2D eigenvalue weighted by Gasteiger charge is -2.26. The number of hydrogen-bond donors (Lipinski definition) is 0. The number of nitrogens with zero attached hydrogens (tertiary/aromatic N) is 1. The lowest BCUT2D eigenvalue weighted by molar-refractivity contribution is -0.870. The van der Waals surface area contributed by atoms with E-state index in [1.54, 1.807) is 0 Å². The van der Waals surface area contributed by atoms with Gasteiger partial charge in [0.1, 0.15) is 13.2 Å². The minimum Gasteiger partial charge on any atom is -0.545 e. The molecule has 0 spiro atoms. The number of likely N-dealkylation sites (N-methyl/N-ethyl adjacent to an activating group) is 1. The van der Waals surface area contributed by atoms with Gasteiger partial charge in [0.15, 0.2) is 12.4 Å². The number of carbonyl (C=O) groups is 3. The van der Waals surface area contributed by atoms with E-state index in [-0.39, 0.29) is 32.2 Å². The van der Waals surface area contributed by atoms with Gasteiger partial charge in [-0.1, -0.05) is 122 Å². The molecule has 0 saturated heterocycles. The number of quaternary nitrogens is 1. The molecule has 0 aromatic rings. The molecular formula is C39H73NO8. The summed E-state index contributed by atoms with van der Waals surface area (Å²) in [5.41, 5.74) is 0. The van der Waals surface area contributed by atoms with Crippen LogP contribution in [0.25, 0.3) is 0 Å². The zero-order valence-corrected chi connectivity index (χ0v) is 31.6. The third-order valence-electron chi connectivity index (χ3n) is 8.26. The second-order valence-electron chi connectivity index (χ2n) is 14.2. The molecular weight excluding hydrogens is 610 g/mol. The SMILES string of the molecule is CCCCCCCC/C=C\CCCCCCCCCC(=O)OC(COC(=O)CCCCCCCC)COC(OCC[N+](C)(C)C)C(=O)[O-]. The van der Waals surface area contributed by atoms with Gasteiger partial charge in [0, 0.05) is 12.8 Å². The van der Waals surface area contributed by atoms with Crippen LogP contribution in [0, 0.1) is 0 Å². The second-order valence-corrected chi connectivity index (χ2v) is 14.2. The predicted molar refractivity (Wildman–Crippen MR) is 191 cm³/mol. The number of hydrogen-bond acceptors (Lipinski definition) is 8. The fourth-order valence-electron chi connectivity index (χ4n) is 5.17. The van der Waals surface area contributed by atoms with Crippen LogP contribution in [0.2, 0.25) is 0 Å². The zero-order chi connectivity index (χ0) is 35.7. The Balaban J connectivity index is 4.41. The molecule has 48 heavy (non-hydrogen) atoms. The van der Waals surface area contributed by atoms with E-state index in [1.165, 1.54) is 77.0 Å². The van der Waals surface area contributed by atoms with Gasteiger partial charge in [-0.25, -0.2) is 0 Å². The monoisotopic (exact) mass is 684 g/mol. The van der Waals surface area contributed by atoms with Crippen molar-refractivity contribution in [2.45, 2.75) is 174 Å². The van der Waals surface area contributed by atoms with Crippen LogP contribution in [-0.2, 0) is 33.3 Å². The summed E-state index contributed by atoms with van der Waals surface area (Å²) in [5.74, 6) is -2.30. The Morgan fingerprint density at radius 2 is 1.06 bits per heavy atom. The van der Waals surface area contributed by atoms with Crippen molar-refractivity contribution in [2.24, 2.45) is 0 Å². The highest BCUT2D eigenvalue weighted by molar-refractivity contribution is 5.70. The summed E-state index contributed by atoms with van der Waals surface area (Å²) in [4.78, 5) is 36.5. The summed E-state index contributed by atoms with van der Waals surface area (Å²) >= 11 is 0. The van der Waals surface area contributed by atoms with Gasteiger partial charge in [0.05, 0.1) is 40.3 Å². The molecule has 0 aliphatic rings. The van der Waals surface area contributed by atoms with Crippen molar-refractivity contribution in [3.8, 4) is 0 Å². The fourth-order valence-corrected chi connectivity index (χ4v) is 5.17. The molecule has 0 aliphatic carbocycles. The highest BCUT2D eigenvalue weighted by Crippen LogP contribution is 2.13. The van der Waals surface area contributed by atoms with Gasteiger partial charge >= 0.3 is 11.9 Å². The van der Waals surface area contributed by atoms with E-state index in [9.17, 15) is 19.5 Å². The van der Waals surface area contributed by atoms with Crippen molar-refractivity contribution in [1.82, 2.24) is 0 Å². The van der Waals surface area contributed by atoms with Crippen molar-refractivity contribution in [2.75, 3.05) is 47.5 Å². The third kappa shape index (κ3) is 32.6. The Bertz CT molecular complexity index is 810. The topological polar surface area (TPSA) is 111 Å². The normalized spacial score (nSPS) is 13.1. The molecule has 0 aliphatic heterocycles. The van der Waals surface area contributed by atoms with Crippen molar-refractivity contribution in [3.05, 3.63) is 12.2 Å². The molecule has 0 amide bonds. The first-order valence-corrected chi connectivity index (χ1v) is 19.3. The van der Waals surface area contributed by atoms with Crippen LogP contribution >= 0.6 is 0 Å². The van der Waals surface area contributed by atoms with Crippen LogP contribution in [0.1, 0.15) is 162 Å². The van der Waals surface area contributed by atoms with Crippen molar-refractivity contribution in [1.29, 1.82) is 0 Å². The van der Waals surface area contributed by atoms with E-state index >= 15 is 0 Å². The molecule has 0 fully saturated rings. The number of allylic oxidation sites excluding steroid dienone is 2. The van der Waals surface area contributed by atoms with Gasteiger partial charge in [-0.3, -0.25) is 9.59 Å². The molecule has 0 aromatic carbocycles. The Kier molecular flexibility index (Phi) is 30.9. The van der Waals surface area contributed by atoms with Gasteiger partial charge < -0.3 is 33.3 Å². The van der Waals surface area contributed by atoms with Gasteiger partial charge in [-0.15, -0.1) is 0 Å². The van der Waals surface area contributed by atoms with Gasteiger partial charge in [-0.2, -0.15) is 0 Å². The van der Waals surface area contributed by atoms with Crippen LogP contribution < -0.4 is 5.11 Å². The minimum atomic E-state index is -1.61. The lowest BCUT2D eigenvalue weighted by atomic mass is 10.1. The average molecular weight is 684 g/mol. The number of ether oxygens (including phenoxy) is 4. The number of carboxylic acid groups (broad SMARTS) is 1. The van der Waals surface area contributed by atoms with Crippen LogP contribution in [0.5, 0.6) is 0 Å². The molecule has 0 N–H and O–H groups in total. The Labute approximate surface area is 294 Å². The van der Waals surface area contributed by atoms with E-state index in [0.29, 0.717) is 23.9 Å². The van der Waals surface area contributed by atoms with Crippen LogP contribution in [0.3, 0.4) is 0 Å². The van der Waals surface area contributed by atoms with Gasteiger partial charge in [0.25, 0.3) is 0 Å². The van der Waals surface area contributed by atoms with E-state index in [2.05, 4.69) is 26.0 Å². The first-order chi connectivity index (χ1) is 23.1. The van der Waals surface area contributed by atoms with Crippen LogP contribution in [0.4, 0.5) is 0 Å². The zero-order valence-electron chi connectivity index (χ0n) is 31.6. The summed E-state index contributed by atoms with van der Waals surface area (Å²) in [5, 5.41) is 11.6. The molecule has 2 unspecified atom stereocenters. The summed E-state index contributed by atoms with van der Waals surface area (Å²) in [6.07, 6.45) is 27.0. The van der Waals surface area contributed by atoms with Crippen LogP contribution in [-0.4, -0.2) is 82.3 Å². The first kappa shape index (κ1) is 46.0. The molecule has 0 rings (SSSR count). The standard InChI is InChI=1S/C39H73NO8/c1-6-8-10-12-14-15-16-17-18-19-20-21-22-23-24-26-28-30-37(42)48-35(33-46-36(41)29-27-25-13-11-9-7-2)34-47-39(38(43)44)45-32-31-40(3,4)5/h17-18,35,39H,6-16,19-34H2,1-5H3/b18-17-. The molecule has 0 saturated carbocycles. The number of aliphatic carboxylic acids is 1. The number of unbranched alkanes of at least 4 members (excludes halogenated alkanes) is 18. The third-order valence-corrected chi connectivity index (χ3v) is 8.26. The van der Waals surface area contributed by atoms with Crippen molar-refractivity contribution >= 4 is 17.9 Å². The summed E-state index contributed by atoms with van der Waals surface area (Å²) in [7, 11) is 5.89. The lowest BCUT2D eigenvalue weighted by Crippen LogP contribution is -2.44. The number of carbonyl (C=O) groups excluding carboxylic acids is 3. The molecule has 282 valence electrons. The summed E-state index contributed by atoms with van der Waals surface area (Å²) < 4.78 is 22.3. The first-order valence-electron chi connectivity index (χ1n) is 19.3. The number of carboxylic acids is 1. The Morgan fingerprint density at radius 3 is 1.54 bits per heavy atom. The van der Waals surface area contributed by atoms with E-state index in [1.807, 2.05) is 21.1 Å². The highest BCUT2D eigenvalue weighted by atomic mass is 16.7. The predicted octanol–water partition coefficient (Wildman–Crippen LogP) is 7.83. The second kappa shape index (κ2) is 32.2. The number of rotatable bonds is 35. The summed E-state index contributed by atoms with van der Waals surface area (Å²) in [6, 6.07) is 0. The molecule has 0 heterocycles. The van der Waals surface area contributed by atoms with E-state index in [0.717, 1.165) is 51.4 Å². The fraction of sp³-hybridized carbons (Fsp3) is 0.872. The molecule has 9 heteroatoms. The molecule has 0 radical (unpaired) electrons. The Morgan fingerprint density at radius 1 is 0.604 bits per heavy atom. The van der Waals surface area contributed by atoms with E-state index < -0.39 is 24.3 Å². The average Bonchev–Trinajstić information content (AvgIpc) is 3.03. The summed E-state index contributed by atoms with van der Waals surface area (Å²) in [6.45, 7) is 4.65. The molecule has 0 aromatic heterocycles. The smallest absolute Gasteiger partial charge is 0.306 e. The molecule has 0 bridgehead atoms. The highest BCUT2D eigenvalue weighted by Gasteiger charge is 2.21. The molecule has 2 atom stereocenters. The maximum absolute atomic E-state index is 12.6. The largest absolute Gasteiger partial charge is 0.545 e. The van der Waals surface area contributed by atoms with Gasteiger partial charge in [0.2, 0.25) is 0 Å². The quantitative estimate of drug-likeness (QED) is 0.0219. The molecule has 9 nitrogen and oxygen atoms in total. The number of esters is 2. The van der Waals surface area contributed by atoms with Crippen LogP contribution in [0.15, 0.2) is 12.2 Å². The van der Waals surface area contributed by atoms with Crippen molar-refractivity contribution < 1.29 is 42.9 Å².